The van der Waals surface area contributed by atoms with E-state index in [2.05, 4.69) is 179 Å². The maximum Gasteiger partial charge on any atom is 0.472 e. The third-order valence-corrected chi connectivity index (χ3v) is 22.1. The molecule has 0 aliphatic heterocycles. The SMILES string of the molecule is CC/C=C\C/C=C\C/C=C\C/C=C\C/C=C\CCCCCCCCCCCCCCCCCCCC(=O)OCC(O)COP(=O)(O)OCC(O)COP(=O)(O)OCC(COC(=O)CCCCCCCCCCC/C=C\C/C=C\C/C=C\C/C=C\CCCCC)OC(=O)CCCCCCCCCCC/C=C\C/C=C\C/C=C\C/C=C\CCCCC. The van der Waals surface area contributed by atoms with Gasteiger partial charge in [0.2, 0.25) is 0 Å². The molecule has 4 N–H and O–H groups in total. The normalized spacial score (nSPS) is 14.4. The van der Waals surface area contributed by atoms with Gasteiger partial charge in [0.05, 0.1) is 26.4 Å². The Labute approximate surface area is 727 Å². The van der Waals surface area contributed by atoms with Crippen LogP contribution in [0.15, 0.2) is 158 Å². The second-order valence-corrected chi connectivity index (χ2v) is 34.7. The molecule has 0 aromatic rings. The van der Waals surface area contributed by atoms with Crippen LogP contribution in [0.25, 0.3) is 0 Å². The van der Waals surface area contributed by atoms with Gasteiger partial charge in [0.25, 0.3) is 0 Å². The maximum atomic E-state index is 13.1. The first-order chi connectivity index (χ1) is 58.2. The molecule has 0 radical (unpaired) electrons. The average molecular weight is 1710 g/mol. The number of aliphatic hydroxyl groups excluding tert-OH is 2. The van der Waals surface area contributed by atoms with Crippen LogP contribution in [0.4, 0.5) is 0 Å². The fourth-order valence-electron chi connectivity index (χ4n) is 13.0. The van der Waals surface area contributed by atoms with Crippen LogP contribution < -0.4 is 0 Å². The van der Waals surface area contributed by atoms with Crippen molar-refractivity contribution in [1.29, 1.82) is 0 Å². The van der Waals surface area contributed by atoms with Crippen LogP contribution in [0.5, 0.6) is 0 Å². The average Bonchev–Trinajstić information content (AvgIpc) is 0.902. The summed E-state index contributed by atoms with van der Waals surface area (Å²) >= 11 is 0. The van der Waals surface area contributed by atoms with Crippen molar-refractivity contribution >= 4 is 33.6 Å². The lowest BCUT2D eigenvalue weighted by atomic mass is 10.0. The van der Waals surface area contributed by atoms with Gasteiger partial charge in [-0.25, -0.2) is 9.13 Å². The van der Waals surface area contributed by atoms with Crippen molar-refractivity contribution in [3.63, 3.8) is 0 Å². The molecule has 0 heterocycles. The number of phosphoric acid groups is 2. The lowest BCUT2D eigenvalue weighted by Crippen LogP contribution is -2.30. The van der Waals surface area contributed by atoms with E-state index in [1.165, 1.54) is 193 Å². The largest absolute Gasteiger partial charge is 0.472 e. The Kier molecular flexibility index (Phi) is 88.6. The number of carbonyl (C=O) groups is 3. The highest BCUT2D eigenvalue weighted by Gasteiger charge is 2.30. The highest BCUT2D eigenvalue weighted by molar-refractivity contribution is 7.47. The minimum Gasteiger partial charge on any atom is -0.463 e. The molecule has 0 aliphatic rings. The van der Waals surface area contributed by atoms with Gasteiger partial charge in [0.1, 0.15) is 25.4 Å². The van der Waals surface area contributed by atoms with Gasteiger partial charge in [-0.15, -0.1) is 0 Å². The third-order valence-electron chi connectivity index (χ3n) is 20.2. The van der Waals surface area contributed by atoms with Crippen molar-refractivity contribution in [2.24, 2.45) is 0 Å². The first-order valence-electron chi connectivity index (χ1n) is 47.8. The topological polar surface area (TPSA) is 231 Å². The quantitative estimate of drug-likeness (QED) is 0.0146. The summed E-state index contributed by atoms with van der Waals surface area (Å²) in [5, 5.41) is 20.8. The van der Waals surface area contributed by atoms with Crippen LogP contribution in [0.1, 0.15) is 406 Å². The van der Waals surface area contributed by atoms with Gasteiger partial charge in [-0.05, 0) is 154 Å². The monoisotopic (exact) mass is 1710 g/mol. The van der Waals surface area contributed by atoms with Crippen molar-refractivity contribution in [3.05, 3.63) is 158 Å². The van der Waals surface area contributed by atoms with Gasteiger partial charge < -0.3 is 34.2 Å². The van der Waals surface area contributed by atoms with Crippen LogP contribution in [-0.2, 0) is 55.8 Å². The summed E-state index contributed by atoms with van der Waals surface area (Å²) in [6.07, 6.45) is 119. The Morgan fingerprint density at radius 1 is 0.244 bits per heavy atom. The molecule has 0 aromatic carbocycles. The molecule has 0 saturated heterocycles. The summed E-state index contributed by atoms with van der Waals surface area (Å²) in [4.78, 5) is 59.1. The number of hydrogen-bond donors (Lipinski definition) is 4. The van der Waals surface area contributed by atoms with E-state index >= 15 is 0 Å². The van der Waals surface area contributed by atoms with Crippen LogP contribution in [-0.4, -0.2) is 95.9 Å². The fourth-order valence-corrected chi connectivity index (χ4v) is 14.6. The molecule has 18 heteroatoms. The van der Waals surface area contributed by atoms with E-state index in [1.807, 2.05) is 0 Å². The van der Waals surface area contributed by atoms with Crippen LogP contribution in [0.3, 0.4) is 0 Å². The Morgan fingerprint density at radius 2 is 0.445 bits per heavy atom. The zero-order chi connectivity index (χ0) is 86.5. The first-order valence-corrected chi connectivity index (χ1v) is 50.8. The number of rotatable bonds is 90. The third kappa shape index (κ3) is 93.7. The fraction of sp³-hybridized carbons (Fsp3) is 0.713. The second-order valence-electron chi connectivity index (χ2n) is 31.8. The van der Waals surface area contributed by atoms with E-state index in [1.54, 1.807) is 0 Å². The zero-order valence-corrected chi connectivity index (χ0v) is 77.3. The van der Waals surface area contributed by atoms with E-state index in [4.69, 9.17) is 32.3 Å². The number of allylic oxidation sites excluding steroid dienone is 26. The molecular formula is C101H174O16P2. The number of unbranched alkanes of at least 4 members (excludes halogenated alkanes) is 41. The molecule has 16 nitrogen and oxygen atoms in total. The Bertz CT molecular complexity index is 2790. The molecule has 119 heavy (non-hydrogen) atoms. The highest BCUT2D eigenvalue weighted by atomic mass is 31.2. The van der Waals surface area contributed by atoms with Gasteiger partial charge in [-0.1, -0.05) is 391 Å². The van der Waals surface area contributed by atoms with E-state index in [-0.39, 0.29) is 19.3 Å². The predicted molar refractivity (Wildman–Crippen MR) is 500 cm³/mol. The smallest absolute Gasteiger partial charge is 0.463 e. The van der Waals surface area contributed by atoms with Crippen molar-refractivity contribution in [3.8, 4) is 0 Å². The molecule has 0 spiro atoms. The molecule has 684 valence electrons. The van der Waals surface area contributed by atoms with Crippen LogP contribution in [0.2, 0.25) is 0 Å². The van der Waals surface area contributed by atoms with Gasteiger partial charge >= 0.3 is 33.6 Å². The molecule has 0 fully saturated rings. The minimum absolute atomic E-state index is 0.0929. The number of hydrogen-bond acceptors (Lipinski definition) is 14. The Morgan fingerprint density at radius 3 is 0.706 bits per heavy atom. The van der Waals surface area contributed by atoms with Gasteiger partial charge in [0.15, 0.2) is 6.10 Å². The molecule has 0 aliphatic carbocycles. The van der Waals surface area contributed by atoms with E-state index in [0.717, 1.165) is 154 Å². The first kappa shape index (κ1) is 114. The number of carbonyl (C=O) groups excluding carboxylic acids is 3. The zero-order valence-electron chi connectivity index (χ0n) is 75.5. The van der Waals surface area contributed by atoms with Gasteiger partial charge in [-0.2, -0.15) is 0 Å². The minimum atomic E-state index is -4.95. The molecule has 0 rings (SSSR count). The lowest BCUT2D eigenvalue weighted by Gasteiger charge is -2.21. The second kappa shape index (κ2) is 92.4. The summed E-state index contributed by atoms with van der Waals surface area (Å²) in [5.74, 6) is -1.58. The summed E-state index contributed by atoms with van der Waals surface area (Å²) < 4.78 is 61.6. The summed E-state index contributed by atoms with van der Waals surface area (Å²) in [6, 6.07) is 0. The Hall–Kier alpha value is -4.83. The number of esters is 3. The molecule has 0 amide bonds. The number of aliphatic hydroxyl groups is 2. The summed E-state index contributed by atoms with van der Waals surface area (Å²) in [5.41, 5.74) is 0. The number of phosphoric ester groups is 2. The summed E-state index contributed by atoms with van der Waals surface area (Å²) in [6.45, 7) is 2.56. The molecule has 0 saturated carbocycles. The highest BCUT2D eigenvalue weighted by Crippen LogP contribution is 2.45. The van der Waals surface area contributed by atoms with Gasteiger partial charge in [-0.3, -0.25) is 32.5 Å². The van der Waals surface area contributed by atoms with E-state index < -0.39 is 91.5 Å². The van der Waals surface area contributed by atoms with Gasteiger partial charge in [0, 0.05) is 19.3 Å². The van der Waals surface area contributed by atoms with Crippen LogP contribution >= 0.6 is 15.6 Å². The van der Waals surface area contributed by atoms with Crippen molar-refractivity contribution in [1.82, 2.24) is 0 Å². The van der Waals surface area contributed by atoms with Crippen molar-refractivity contribution in [2.45, 2.75) is 424 Å². The molecule has 5 atom stereocenters. The van der Waals surface area contributed by atoms with E-state index in [9.17, 15) is 43.5 Å². The lowest BCUT2D eigenvalue weighted by molar-refractivity contribution is -0.161. The number of ether oxygens (including phenoxy) is 3. The standard InChI is InChI=1S/C101H174O16P2/c1-4-7-10-13-16-19-22-25-28-31-34-37-40-43-44-45-46-47-48-49-50-53-55-57-60-63-66-69-72-75-78-81-84-87-99(104)111-90-96(102)91-113-118(107,108)114-92-97(103)93-115-119(109,110)116-95-98(117-101(106)89-86-83-80-77-74-71-68-65-62-59-56-52-42-39-36-33-30-27-24-21-18-15-12-9-6-3)94-112-100(105)88-85-82-79-76-73-70-67-64-61-58-54-51-41-38-35-32-29-26-23-20-17-14-11-8-5-2/h7,10,16-21,25-30,34-39,43-44,51-52,54,56,96-98,102-103H,4-6,8-9,11-15,22-24,31-33,40-42,45-50,53,55,57-95H2,1-3H3,(H,107,108)(H,109,110)/b10-7-,19-16-,20-17-,21-18-,28-25-,29-26-,30-27-,37-34-,38-35-,39-36-,44-43-,54-51-,56-52-. The van der Waals surface area contributed by atoms with Crippen LogP contribution in [0, 0.1) is 0 Å². The van der Waals surface area contributed by atoms with E-state index in [0.29, 0.717) is 19.3 Å². The van der Waals surface area contributed by atoms with Crippen molar-refractivity contribution in [2.75, 3.05) is 39.6 Å². The summed E-state index contributed by atoms with van der Waals surface area (Å²) in [7, 11) is -9.82. The Balaban J connectivity index is 4.59. The predicted octanol–water partition coefficient (Wildman–Crippen LogP) is 29.7. The molecule has 0 aromatic heterocycles. The molecule has 0 bridgehead atoms. The molecule has 5 unspecified atom stereocenters. The van der Waals surface area contributed by atoms with Crippen molar-refractivity contribution < 1.29 is 75.8 Å². The maximum absolute atomic E-state index is 13.1. The molecular weight excluding hydrogens is 1530 g/mol.